The summed E-state index contributed by atoms with van der Waals surface area (Å²) in [5.74, 6) is 0. The fourth-order valence-corrected chi connectivity index (χ4v) is 2.75. The predicted octanol–water partition coefficient (Wildman–Crippen LogP) is 2.13. The number of aryl methyl sites for hydroxylation is 1. The molecule has 112 valence electrons. The molecule has 0 saturated heterocycles. The van der Waals surface area contributed by atoms with Crippen LogP contribution in [0.3, 0.4) is 0 Å². The third-order valence-corrected chi connectivity index (χ3v) is 3.74. The van der Waals surface area contributed by atoms with Gasteiger partial charge >= 0.3 is 16.3 Å². The molecule has 0 radical (unpaired) electrons. The van der Waals surface area contributed by atoms with E-state index in [9.17, 15) is 13.2 Å². The molecule has 0 aliphatic carbocycles. The average Bonchev–Trinajstić information content (AvgIpc) is 2.23. The second-order valence-corrected chi connectivity index (χ2v) is 6.62. The third kappa shape index (κ3) is 4.89. The molecule has 0 aromatic heterocycles. The molecular formula is C11H16BrN3O4S. The van der Waals surface area contributed by atoms with Crippen LogP contribution >= 0.6 is 15.9 Å². The minimum absolute atomic E-state index is 0.220. The van der Waals surface area contributed by atoms with Crippen molar-refractivity contribution in [3.63, 3.8) is 0 Å². The summed E-state index contributed by atoms with van der Waals surface area (Å²) in [4.78, 5) is 11.3. The Kier molecular flexibility index (Phi) is 5.23. The number of ether oxygens (including phenoxy) is 1. The Morgan fingerprint density at radius 1 is 1.40 bits per heavy atom. The summed E-state index contributed by atoms with van der Waals surface area (Å²) in [6.07, 6.45) is -1.48. The molecule has 0 atom stereocenters. The van der Waals surface area contributed by atoms with Crippen molar-refractivity contribution in [3.8, 4) is 0 Å². The van der Waals surface area contributed by atoms with Crippen LogP contribution in [0.4, 0.5) is 16.2 Å². The molecule has 0 spiro atoms. The quantitative estimate of drug-likeness (QED) is 0.707. The van der Waals surface area contributed by atoms with Crippen molar-refractivity contribution in [1.82, 2.24) is 4.72 Å². The van der Waals surface area contributed by atoms with Gasteiger partial charge in [-0.2, -0.15) is 8.42 Å². The van der Waals surface area contributed by atoms with Crippen LogP contribution in [0.2, 0.25) is 0 Å². The maximum atomic E-state index is 11.8. The highest BCUT2D eigenvalue weighted by Gasteiger charge is 2.18. The van der Waals surface area contributed by atoms with Gasteiger partial charge in [0.15, 0.2) is 0 Å². The first-order valence-corrected chi connectivity index (χ1v) is 7.95. The molecule has 1 rings (SSSR count). The molecule has 0 unspecified atom stereocenters. The molecule has 9 heteroatoms. The van der Waals surface area contributed by atoms with Gasteiger partial charge in [0.2, 0.25) is 0 Å². The lowest BCUT2D eigenvalue weighted by molar-refractivity contribution is 0.121. The van der Waals surface area contributed by atoms with Crippen molar-refractivity contribution in [2.24, 2.45) is 0 Å². The molecule has 0 fully saturated rings. The van der Waals surface area contributed by atoms with Gasteiger partial charge in [0, 0.05) is 10.2 Å². The first-order chi connectivity index (χ1) is 9.10. The number of carbonyl (C=O) groups excluding carboxylic acids is 1. The van der Waals surface area contributed by atoms with E-state index in [0.717, 1.165) is 5.56 Å². The van der Waals surface area contributed by atoms with Crippen molar-refractivity contribution in [2.75, 3.05) is 10.5 Å². The summed E-state index contributed by atoms with van der Waals surface area (Å²) in [7, 11) is -4.09. The fraction of sp³-hybridized carbons (Fsp3) is 0.364. The number of nitrogens with two attached hydrogens (primary N) is 1. The Morgan fingerprint density at radius 2 is 2.00 bits per heavy atom. The average molecular weight is 366 g/mol. The minimum atomic E-state index is -4.09. The number of benzene rings is 1. The summed E-state index contributed by atoms with van der Waals surface area (Å²) < 4.78 is 32.6. The van der Waals surface area contributed by atoms with Gasteiger partial charge in [-0.15, -0.1) is 0 Å². The zero-order chi connectivity index (χ0) is 15.5. The van der Waals surface area contributed by atoms with Crippen molar-refractivity contribution in [3.05, 3.63) is 22.2 Å². The van der Waals surface area contributed by atoms with Gasteiger partial charge in [-0.25, -0.2) is 9.52 Å². The Balaban J connectivity index is 2.87. The number of rotatable bonds is 4. The lowest BCUT2D eigenvalue weighted by Gasteiger charge is -2.13. The molecule has 4 N–H and O–H groups in total. The van der Waals surface area contributed by atoms with Crippen LogP contribution < -0.4 is 15.2 Å². The molecule has 20 heavy (non-hydrogen) atoms. The van der Waals surface area contributed by atoms with Crippen molar-refractivity contribution < 1.29 is 17.9 Å². The highest BCUT2D eigenvalue weighted by molar-refractivity contribution is 9.10. The predicted molar refractivity (Wildman–Crippen MR) is 80.6 cm³/mol. The number of halogens is 1. The van der Waals surface area contributed by atoms with Gasteiger partial charge in [-0.05, 0) is 54.4 Å². The van der Waals surface area contributed by atoms with Crippen LogP contribution in [0.15, 0.2) is 16.6 Å². The second kappa shape index (κ2) is 6.31. The smallest absolute Gasteiger partial charge is 0.422 e. The van der Waals surface area contributed by atoms with E-state index < -0.39 is 22.4 Å². The number of anilines is 2. The fourth-order valence-electron chi connectivity index (χ4n) is 1.29. The highest BCUT2D eigenvalue weighted by atomic mass is 79.9. The van der Waals surface area contributed by atoms with Crippen molar-refractivity contribution in [1.29, 1.82) is 0 Å². The lowest BCUT2D eigenvalue weighted by atomic mass is 10.2. The molecule has 7 nitrogen and oxygen atoms in total. The Hall–Kier alpha value is -1.48. The van der Waals surface area contributed by atoms with E-state index in [4.69, 9.17) is 10.5 Å². The number of amides is 1. The van der Waals surface area contributed by atoms with Gasteiger partial charge in [0.1, 0.15) is 0 Å². The summed E-state index contributed by atoms with van der Waals surface area (Å²) >= 11 is 3.21. The molecule has 0 heterocycles. The minimum Gasteiger partial charge on any atom is -0.446 e. The monoisotopic (exact) mass is 365 g/mol. The Labute approximate surface area is 126 Å². The molecule has 1 aromatic carbocycles. The summed E-state index contributed by atoms with van der Waals surface area (Å²) in [5.41, 5.74) is 7.15. The molecule has 0 saturated carbocycles. The second-order valence-electron chi connectivity index (χ2n) is 4.35. The van der Waals surface area contributed by atoms with E-state index in [1.54, 1.807) is 31.6 Å². The van der Waals surface area contributed by atoms with E-state index in [-0.39, 0.29) is 5.69 Å². The van der Waals surface area contributed by atoms with Crippen LogP contribution in [-0.2, 0) is 14.9 Å². The standard InChI is InChI=1S/C11H16BrN3O4S/c1-6(2)19-11(16)15-20(17,18)14-10-5-9(13)7(3)4-8(10)12/h4-6,14H,13H2,1-3H3,(H,15,16). The Bertz CT molecular complexity index is 616. The zero-order valence-corrected chi connectivity index (χ0v) is 13.6. The molecule has 0 bridgehead atoms. The number of carbonyl (C=O) groups is 1. The van der Waals surface area contributed by atoms with Crippen LogP contribution in [-0.4, -0.2) is 20.6 Å². The van der Waals surface area contributed by atoms with E-state index in [0.29, 0.717) is 10.2 Å². The first kappa shape index (κ1) is 16.6. The summed E-state index contributed by atoms with van der Waals surface area (Å²) in [6.45, 7) is 5.00. The summed E-state index contributed by atoms with van der Waals surface area (Å²) in [5, 5.41) is 0. The van der Waals surface area contributed by atoms with E-state index in [2.05, 4.69) is 20.7 Å². The summed E-state index contributed by atoms with van der Waals surface area (Å²) in [6, 6.07) is 3.12. The maximum absolute atomic E-state index is 11.8. The van der Waals surface area contributed by atoms with Crippen LogP contribution in [0.25, 0.3) is 0 Å². The van der Waals surface area contributed by atoms with E-state index in [1.165, 1.54) is 6.07 Å². The molecule has 0 aliphatic heterocycles. The number of nitrogen functional groups attached to an aromatic ring is 1. The van der Waals surface area contributed by atoms with E-state index >= 15 is 0 Å². The SMILES string of the molecule is Cc1cc(Br)c(NS(=O)(=O)NC(=O)OC(C)C)cc1N. The van der Waals surface area contributed by atoms with E-state index in [1.807, 2.05) is 0 Å². The van der Waals surface area contributed by atoms with Crippen LogP contribution in [0.1, 0.15) is 19.4 Å². The van der Waals surface area contributed by atoms with Crippen molar-refractivity contribution >= 4 is 43.6 Å². The maximum Gasteiger partial charge on any atom is 0.422 e. The third-order valence-electron chi connectivity index (χ3n) is 2.16. The first-order valence-electron chi connectivity index (χ1n) is 5.67. The van der Waals surface area contributed by atoms with Crippen LogP contribution in [0.5, 0.6) is 0 Å². The molecule has 1 amide bonds. The number of nitrogens with one attached hydrogen (secondary N) is 2. The van der Waals surface area contributed by atoms with Gasteiger partial charge in [-0.1, -0.05) is 0 Å². The Morgan fingerprint density at radius 3 is 2.55 bits per heavy atom. The van der Waals surface area contributed by atoms with Gasteiger partial charge < -0.3 is 10.5 Å². The van der Waals surface area contributed by atoms with Gasteiger partial charge in [0.25, 0.3) is 0 Å². The van der Waals surface area contributed by atoms with Gasteiger partial charge in [0.05, 0.1) is 11.8 Å². The largest absolute Gasteiger partial charge is 0.446 e. The van der Waals surface area contributed by atoms with Crippen LogP contribution in [0, 0.1) is 6.92 Å². The molecule has 0 aliphatic rings. The highest BCUT2D eigenvalue weighted by Crippen LogP contribution is 2.28. The topological polar surface area (TPSA) is 111 Å². The number of hydrogen-bond acceptors (Lipinski definition) is 5. The zero-order valence-electron chi connectivity index (χ0n) is 11.2. The lowest BCUT2D eigenvalue weighted by Crippen LogP contribution is -2.36. The van der Waals surface area contributed by atoms with Crippen molar-refractivity contribution in [2.45, 2.75) is 26.9 Å². The van der Waals surface area contributed by atoms with Gasteiger partial charge in [-0.3, -0.25) is 4.72 Å². The normalized spacial score (nSPS) is 11.2. The number of hydrogen-bond donors (Lipinski definition) is 3. The molecular weight excluding hydrogens is 350 g/mol. The molecule has 1 aromatic rings.